The van der Waals surface area contributed by atoms with Gasteiger partial charge < -0.3 is 31.3 Å². The number of nitrogens with zero attached hydrogens (tertiary/aromatic N) is 4. The van der Waals surface area contributed by atoms with Gasteiger partial charge in [-0.2, -0.15) is 13.2 Å². The highest BCUT2D eigenvalue weighted by atomic mass is 32.1. The van der Waals surface area contributed by atoms with E-state index in [0.29, 0.717) is 29.0 Å². The third-order valence-electron chi connectivity index (χ3n) is 6.40. The number of fused-ring (bicyclic) bond motifs is 1. The molecule has 36 heavy (non-hydrogen) atoms. The van der Waals surface area contributed by atoms with Gasteiger partial charge in [-0.3, -0.25) is 14.8 Å². The minimum atomic E-state index is -4.33. The number of alkyl halides is 3. The highest BCUT2D eigenvalue weighted by Crippen LogP contribution is 2.37. The van der Waals surface area contributed by atoms with Gasteiger partial charge in [0.05, 0.1) is 52.4 Å². The van der Waals surface area contributed by atoms with E-state index in [1.165, 1.54) is 17.5 Å². The van der Waals surface area contributed by atoms with Crippen LogP contribution in [-0.4, -0.2) is 66.7 Å². The molecule has 2 aliphatic rings. The number of anilines is 2. The number of nitrogens with two attached hydrogens (primary N) is 2. The van der Waals surface area contributed by atoms with Crippen LogP contribution in [0.25, 0.3) is 10.2 Å². The molecule has 192 valence electrons. The fourth-order valence-corrected chi connectivity index (χ4v) is 5.67. The van der Waals surface area contributed by atoms with Crippen molar-refractivity contribution in [1.82, 2.24) is 15.3 Å². The summed E-state index contributed by atoms with van der Waals surface area (Å²) < 4.78 is 47.2. The Hall–Kier alpha value is -3.00. The van der Waals surface area contributed by atoms with Crippen LogP contribution in [0, 0.1) is 5.92 Å². The molecule has 5 N–H and O–H groups in total. The van der Waals surface area contributed by atoms with Gasteiger partial charge >= 0.3 is 6.18 Å². The van der Waals surface area contributed by atoms with E-state index >= 15 is 0 Å². The van der Waals surface area contributed by atoms with Crippen LogP contribution in [0.2, 0.25) is 0 Å². The lowest BCUT2D eigenvalue weighted by molar-refractivity contribution is -0.177. The SMILES string of the molecule is NC1CC(C(F)(F)F)CN(c2ccncc2N2CC(N)OC(NC(=O)c3csc4cccnc34)C2)C1. The molecule has 0 bridgehead atoms. The molecule has 2 fully saturated rings. The Kier molecular flexibility index (Phi) is 6.72. The predicted molar refractivity (Wildman–Crippen MR) is 131 cm³/mol. The Morgan fingerprint density at radius 3 is 2.72 bits per heavy atom. The summed E-state index contributed by atoms with van der Waals surface area (Å²) in [6, 6.07) is 4.76. The van der Waals surface area contributed by atoms with Gasteiger partial charge in [-0.25, -0.2) is 0 Å². The summed E-state index contributed by atoms with van der Waals surface area (Å²) in [4.78, 5) is 25.0. The molecule has 4 unspecified atom stereocenters. The normalized spacial score (nSPS) is 25.2. The Morgan fingerprint density at radius 1 is 1.11 bits per heavy atom. The number of rotatable bonds is 4. The number of piperidine rings is 1. The summed E-state index contributed by atoms with van der Waals surface area (Å²) in [5.41, 5.74) is 14.4. The van der Waals surface area contributed by atoms with Crippen molar-refractivity contribution in [3.8, 4) is 0 Å². The quantitative estimate of drug-likeness (QED) is 0.478. The number of nitrogens with one attached hydrogen (secondary N) is 1. The molecule has 5 heterocycles. The van der Waals surface area contributed by atoms with Crippen LogP contribution in [0.4, 0.5) is 24.5 Å². The number of ether oxygens (including phenoxy) is 1. The zero-order valence-electron chi connectivity index (χ0n) is 19.2. The van der Waals surface area contributed by atoms with E-state index in [-0.39, 0.29) is 32.0 Å². The fourth-order valence-electron chi connectivity index (χ4n) is 4.78. The van der Waals surface area contributed by atoms with Gasteiger partial charge in [0.25, 0.3) is 5.91 Å². The number of amides is 1. The minimum absolute atomic E-state index is 0.108. The number of hydrogen-bond acceptors (Lipinski definition) is 9. The van der Waals surface area contributed by atoms with Crippen LogP contribution in [-0.2, 0) is 4.74 Å². The summed E-state index contributed by atoms with van der Waals surface area (Å²) in [5, 5.41) is 4.60. The Labute approximate surface area is 209 Å². The second-order valence-electron chi connectivity index (χ2n) is 9.04. The molecule has 1 amide bonds. The zero-order valence-corrected chi connectivity index (χ0v) is 20.0. The molecule has 0 radical (unpaired) electrons. The molecule has 0 spiro atoms. The Bertz CT molecular complexity index is 1240. The van der Waals surface area contributed by atoms with E-state index in [2.05, 4.69) is 15.3 Å². The second-order valence-corrected chi connectivity index (χ2v) is 9.96. The van der Waals surface area contributed by atoms with Crippen molar-refractivity contribution in [3.05, 3.63) is 47.7 Å². The number of carbonyl (C=O) groups is 1. The largest absolute Gasteiger partial charge is 0.393 e. The van der Waals surface area contributed by atoms with Crippen LogP contribution in [0.15, 0.2) is 42.2 Å². The van der Waals surface area contributed by atoms with Crippen molar-refractivity contribution in [2.45, 2.75) is 31.1 Å². The third kappa shape index (κ3) is 5.09. The topological polar surface area (TPSA) is 123 Å². The van der Waals surface area contributed by atoms with Crippen LogP contribution in [0.3, 0.4) is 0 Å². The summed E-state index contributed by atoms with van der Waals surface area (Å²) in [6.07, 6.45) is -1.17. The number of pyridine rings is 2. The van der Waals surface area contributed by atoms with E-state index in [1.807, 2.05) is 11.0 Å². The molecule has 13 heteroatoms. The summed E-state index contributed by atoms with van der Waals surface area (Å²) in [5.74, 6) is -1.87. The summed E-state index contributed by atoms with van der Waals surface area (Å²) >= 11 is 1.42. The van der Waals surface area contributed by atoms with E-state index in [1.54, 1.807) is 34.8 Å². The number of halogens is 3. The van der Waals surface area contributed by atoms with Crippen molar-refractivity contribution in [3.63, 3.8) is 0 Å². The first kappa shape index (κ1) is 24.7. The van der Waals surface area contributed by atoms with Gasteiger partial charge in [-0.05, 0) is 24.6 Å². The molecule has 2 saturated heterocycles. The molecular weight excluding hydrogens is 495 g/mol. The van der Waals surface area contributed by atoms with Crippen molar-refractivity contribution < 1.29 is 22.7 Å². The molecule has 0 saturated carbocycles. The van der Waals surface area contributed by atoms with Gasteiger partial charge in [0, 0.05) is 36.9 Å². The molecule has 2 aliphatic heterocycles. The average molecular weight is 522 g/mol. The minimum Gasteiger partial charge on any atom is -0.368 e. The molecule has 5 rings (SSSR count). The lowest BCUT2D eigenvalue weighted by Gasteiger charge is -2.42. The maximum absolute atomic E-state index is 13.5. The first-order valence-corrected chi connectivity index (χ1v) is 12.4. The third-order valence-corrected chi connectivity index (χ3v) is 7.33. The van der Waals surface area contributed by atoms with Gasteiger partial charge in [0.2, 0.25) is 0 Å². The van der Waals surface area contributed by atoms with Gasteiger partial charge in [-0.1, -0.05) is 0 Å². The Morgan fingerprint density at radius 2 is 1.92 bits per heavy atom. The average Bonchev–Trinajstić information content (AvgIpc) is 3.27. The molecule has 0 aromatic carbocycles. The molecule has 9 nitrogen and oxygen atoms in total. The van der Waals surface area contributed by atoms with Crippen LogP contribution >= 0.6 is 11.3 Å². The standard InChI is InChI=1S/C23H26F3N7O2S/c24-23(25,26)13-6-14(27)9-32(8-13)16-3-5-29-7-17(16)33-10-19(28)35-20(11-33)31-22(34)15-12-36-18-2-1-4-30-21(15)18/h1-5,7,12-14,19-20H,6,8-11,27-28H2,(H,31,34). The van der Waals surface area contributed by atoms with Crippen molar-refractivity contribution in [2.24, 2.45) is 17.4 Å². The predicted octanol–water partition coefficient (Wildman–Crippen LogP) is 2.28. The lowest BCUT2D eigenvalue weighted by atomic mass is 9.93. The van der Waals surface area contributed by atoms with E-state index in [4.69, 9.17) is 16.2 Å². The molecular formula is C23H26F3N7O2S. The summed E-state index contributed by atoms with van der Waals surface area (Å²) in [6.45, 7) is 0.605. The van der Waals surface area contributed by atoms with Crippen LogP contribution < -0.4 is 26.6 Å². The van der Waals surface area contributed by atoms with Gasteiger partial charge in [0.15, 0.2) is 0 Å². The number of aromatic nitrogens is 2. The molecule has 4 atom stereocenters. The highest BCUT2D eigenvalue weighted by Gasteiger charge is 2.44. The van der Waals surface area contributed by atoms with E-state index in [0.717, 1.165) is 4.70 Å². The first-order chi connectivity index (χ1) is 17.2. The first-order valence-electron chi connectivity index (χ1n) is 11.5. The fraction of sp³-hybridized carbons (Fsp3) is 0.435. The smallest absolute Gasteiger partial charge is 0.368 e. The van der Waals surface area contributed by atoms with Gasteiger partial charge in [0.1, 0.15) is 12.5 Å². The highest BCUT2D eigenvalue weighted by molar-refractivity contribution is 7.17. The number of carbonyl (C=O) groups excluding carboxylic acids is 1. The lowest BCUT2D eigenvalue weighted by Crippen LogP contribution is -2.57. The van der Waals surface area contributed by atoms with E-state index in [9.17, 15) is 18.0 Å². The number of morpholine rings is 1. The molecule has 0 aliphatic carbocycles. The van der Waals surface area contributed by atoms with E-state index < -0.39 is 30.6 Å². The number of thiophene rings is 1. The number of hydrogen-bond donors (Lipinski definition) is 3. The Balaban J connectivity index is 1.35. The van der Waals surface area contributed by atoms with Crippen LogP contribution in [0.5, 0.6) is 0 Å². The maximum Gasteiger partial charge on any atom is 0.393 e. The van der Waals surface area contributed by atoms with Crippen molar-refractivity contribution in [1.29, 1.82) is 0 Å². The van der Waals surface area contributed by atoms with Crippen LogP contribution in [0.1, 0.15) is 16.8 Å². The van der Waals surface area contributed by atoms with Gasteiger partial charge in [-0.15, -0.1) is 11.3 Å². The molecule has 3 aromatic heterocycles. The maximum atomic E-state index is 13.5. The summed E-state index contributed by atoms with van der Waals surface area (Å²) in [7, 11) is 0. The van der Waals surface area contributed by atoms with Crippen molar-refractivity contribution in [2.75, 3.05) is 36.0 Å². The zero-order chi connectivity index (χ0) is 25.4. The monoisotopic (exact) mass is 521 g/mol. The second kappa shape index (κ2) is 9.81. The van der Waals surface area contributed by atoms with Crippen molar-refractivity contribution >= 4 is 38.8 Å². The molecule has 3 aromatic rings.